The van der Waals surface area contributed by atoms with Crippen molar-refractivity contribution in [1.29, 1.82) is 0 Å². The number of imidazole rings is 1. The predicted molar refractivity (Wildman–Crippen MR) is 136 cm³/mol. The average Bonchev–Trinajstić information content (AvgIpc) is 3.50. The molecule has 3 heterocycles. The van der Waals surface area contributed by atoms with Crippen molar-refractivity contribution in [3.63, 3.8) is 0 Å². The molecule has 1 aliphatic carbocycles. The maximum absolute atomic E-state index is 12.0. The number of aromatic nitrogens is 3. The Morgan fingerprint density at radius 2 is 1.89 bits per heavy atom. The molecule has 35 heavy (non-hydrogen) atoms. The van der Waals surface area contributed by atoms with Crippen LogP contribution < -0.4 is 5.32 Å². The van der Waals surface area contributed by atoms with E-state index in [1.165, 1.54) is 0 Å². The molecule has 4 aromatic rings. The van der Waals surface area contributed by atoms with Gasteiger partial charge in [0.2, 0.25) is 0 Å². The second-order valence-electron chi connectivity index (χ2n) is 9.39. The number of aryl methyl sites for hydroxylation is 2. The number of fused-ring (bicyclic) bond motifs is 1. The van der Waals surface area contributed by atoms with E-state index in [2.05, 4.69) is 47.1 Å². The van der Waals surface area contributed by atoms with E-state index in [1.807, 2.05) is 26.0 Å². The number of benzene rings is 1. The number of pyridine rings is 1. The van der Waals surface area contributed by atoms with Crippen LogP contribution in [0.1, 0.15) is 49.4 Å². The van der Waals surface area contributed by atoms with Crippen molar-refractivity contribution in [2.24, 2.45) is 5.92 Å². The third kappa shape index (κ3) is 4.94. The number of furan rings is 1. The smallest absolute Gasteiger partial charge is 0.308 e. The van der Waals surface area contributed by atoms with Crippen LogP contribution in [0.2, 0.25) is 0 Å². The number of nitrogens with zero attached hydrogens (tertiary/aromatic N) is 3. The van der Waals surface area contributed by atoms with Crippen molar-refractivity contribution in [2.75, 3.05) is 11.9 Å². The van der Waals surface area contributed by atoms with Crippen molar-refractivity contribution in [3.8, 4) is 11.6 Å². The highest BCUT2D eigenvalue weighted by molar-refractivity contribution is 5.79. The second kappa shape index (κ2) is 9.94. The van der Waals surface area contributed by atoms with Crippen LogP contribution in [-0.2, 0) is 16.1 Å². The van der Waals surface area contributed by atoms with E-state index < -0.39 is 0 Å². The Balaban J connectivity index is 1.31. The lowest BCUT2D eigenvalue weighted by atomic mass is 9.86. The van der Waals surface area contributed by atoms with Crippen LogP contribution in [0, 0.1) is 19.8 Å². The zero-order chi connectivity index (χ0) is 24.4. The Morgan fingerprint density at radius 3 is 2.57 bits per heavy atom. The maximum Gasteiger partial charge on any atom is 0.308 e. The lowest BCUT2D eigenvalue weighted by Gasteiger charge is -2.28. The Kier molecular flexibility index (Phi) is 6.57. The van der Waals surface area contributed by atoms with E-state index in [0.29, 0.717) is 19.2 Å². The van der Waals surface area contributed by atoms with Gasteiger partial charge in [-0.05, 0) is 87.9 Å². The summed E-state index contributed by atoms with van der Waals surface area (Å²) in [6, 6.07) is 14.8. The van der Waals surface area contributed by atoms with Gasteiger partial charge in [0.05, 0.1) is 25.3 Å². The monoisotopic (exact) mass is 472 g/mol. The highest BCUT2D eigenvalue weighted by Gasteiger charge is 2.27. The van der Waals surface area contributed by atoms with E-state index in [4.69, 9.17) is 19.1 Å². The van der Waals surface area contributed by atoms with Gasteiger partial charge in [-0.15, -0.1) is 0 Å². The van der Waals surface area contributed by atoms with Crippen LogP contribution in [0.3, 0.4) is 0 Å². The van der Waals surface area contributed by atoms with Gasteiger partial charge in [0, 0.05) is 17.4 Å². The molecule has 0 bridgehead atoms. The molecule has 1 N–H and O–H groups in total. The van der Waals surface area contributed by atoms with Crippen LogP contribution in [0.15, 0.2) is 53.1 Å². The summed E-state index contributed by atoms with van der Waals surface area (Å²) in [4.78, 5) is 21.7. The molecule has 0 aliphatic heterocycles. The van der Waals surface area contributed by atoms with E-state index in [9.17, 15) is 4.79 Å². The number of carbonyl (C=O) groups excluding carboxylic acids is 1. The molecule has 182 valence electrons. The third-order valence-electron chi connectivity index (χ3n) is 6.78. The minimum absolute atomic E-state index is 0.0453. The van der Waals surface area contributed by atoms with Crippen LogP contribution in [0.5, 0.6) is 0 Å². The summed E-state index contributed by atoms with van der Waals surface area (Å²) in [6.07, 6.45) is 5.38. The molecule has 0 unspecified atom stereocenters. The van der Waals surface area contributed by atoms with Crippen LogP contribution >= 0.6 is 0 Å². The summed E-state index contributed by atoms with van der Waals surface area (Å²) in [5.74, 6) is 1.52. The van der Waals surface area contributed by atoms with Gasteiger partial charge in [-0.1, -0.05) is 12.1 Å². The van der Waals surface area contributed by atoms with E-state index in [1.54, 1.807) is 6.26 Å². The first-order valence-electron chi connectivity index (χ1n) is 12.4. The lowest BCUT2D eigenvalue weighted by molar-refractivity contribution is -0.149. The zero-order valence-electron chi connectivity index (χ0n) is 20.6. The molecule has 0 atom stereocenters. The molecule has 1 aromatic carbocycles. The summed E-state index contributed by atoms with van der Waals surface area (Å²) in [7, 11) is 0. The van der Waals surface area contributed by atoms with E-state index in [-0.39, 0.29) is 11.9 Å². The fraction of sp³-hybridized carbons (Fsp3) is 0.393. The van der Waals surface area contributed by atoms with Gasteiger partial charge < -0.3 is 19.0 Å². The van der Waals surface area contributed by atoms with Crippen LogP contribution in [-0.4, -0.2) is 33.2 Å². The lowest BCUT2D eigenvalue weighted by Crippen LogP contribution is -2.30. The molecule has 7 nitrogen and oxygen atoms in total. The van der Waals surface area contributed by atoms with Gasteiger partial charge in [0.1, 0.15) is 5.52 Å². The zero-order valence-corrected chi connectivity index (χ0v) is 20.6. The highest BCUT2D eigenvalue weighted by Crippen LogP contribution is 2.29. The van der Waals surface area contributed by atoms with Crippen molar-refractivity contribution < 1.29 is 13.9 Å². The van der Waals surface area contributed by atoms with Gasteiger partial charge in [-0.3, -0.25) is 4.79 Å². The van der Waals surface area contributed by atoms with E-state index in [0.717, 1.165) is 70.9 Å². The molecule has 0 saturated heterocycles. The average molecular weight is 473 g/mol. The number of ether oxygens (including phenoxy) is 1. The second-order valence-corrected chi connectivity index (χ2v) is 9.39. The topological polar surface area (TPSA) is 82.2 Å². The molecule has 1 aliphatic rings. The number of carbonyl (C=O) groups is 1. The molecular formula is C28H32N4O3. The minimum atomic E-state index is -0.0453. The van der Waals surface area contributed by atoms with Crippen LogP contribution in [0.4, 0.5) is 5.69 Å². The molecule has 1 saturated carbocycles. The summed E-state index contributed by atoms with van der Waals surface area (Å²) < 4.78 is 13.0. The van der Waals surface area contributed by atoms with Gasteiger partial charge in [-0.25, -0.2) is 9.97 Å². The summed E-state index contributed by atoms with van der Waals surface area (Å²) in [5, 5.41) is 3.64. The normalized spacial score (nSPS) is 18.0. The van der Waals surface area contributed by atoms with Gasteiger partial charge in [0.25, 0.3) is 0 Å². The predicted octanol–water partition coefficient (Wildman–Crippen LogP) is 5.89. The Bertz CT molecular complexity index is 1300. The molecular weight excluding hydrogens is 440 g/mol. The maximum atomic E-state index is 12.0. The van der Waals surface area contributed by atoms with Gasteiger partial charge in [-0.2, -0.15) is 0 Å². The molecule has 7 heteroatoms. The number of hydrogen-bond donors (Lipinski definition) is 1. The number of esters is 1. The number of hydrogen-bond acceptors (Lipinski definition) is 6. The molecule has 3 aromatic heterocycles. The van der Waals surface area contributed by atoms with Crippen molar-refractivity contribution in [1.82, 2.24) is 14.5 Å². The van der Waals surface area contributed by atoms with Gasteiger partial charge >= 0.3 is 5.97 Å². The standard InChI is InChI=1S/C28H32N4O3/c1-4-34-28(33)21-9-13-23(14-10-21)30-22-11-7-20(8-12-22)17-32-26(24-6-5-15-35-24)31-25-18(2)16-19(3)29-27(25)32/h5-8,11-12,15-16,21,23,30H,4,9-10,13-14,17H2,1-3H3/t21-,23-. The fourth-order valence-electron chi connectivity index (χ4n) is 5.01. The first-order chi connectivity index (χ1) is 17.0. The Morgan fingerprint density at radius 1 is 1.11 bits per heavy atom. The minimum Gasteiger partial charge on any atom is -0.466 e. The van der Waals surface area contributed by atoms with Crippen molar-refractivity contribution in [3.05, 3.63) is 65.5 Å². The molecule has 1 fully saturated rings. The molecule has 0 radical (unpaired) electrons. The van der Waals surface area contributed by atoms with E-state index >= 15 is 0 Å². The van der Waals surface area contributed by atoms with Crippen molar-refractivity contribution in [2.45, 2.75) is 59.0 Å². The van der Waals surface area contributed by atoms with Gasteiger partial charge in [0.15, 0.2) is 17.2 Å². The molecule has 5 rings (SSSR count). The quantitative estimate of drug-likeness (QED) is 0.338. The third-order valence-corrected chi connectivity index (χ3v) is 6.78. The SMILES string of the molecule is CCOC(=O)[C@H]1CC[C@H](Nc2ccc(Cn3c(-c4ccco4)nc4c(C)cc(C)nc43)cc2)CC1. The first-order valence-corrected chi connectivity index (χ1v) is 12.4. The van der Waals surface area contributed by atoms with Crippen LogP contribution in [0.25, 0.3) is 22.7 Å². The number of anilines is 1. The summed E-state index contributed by atoms with van der Waals surface area (Å²) in [5.41, 5.74) is 6.11. The Hall–Kier alpha value is -3.61. The summed E-state index contributed by atoms with van der Waals surface area (Å²) in [6.45, 7) is 7.04. The largest absolute Gasteiger partial charge is 0.466 e. The fourth-order valence-corrected chi connectivity index (χ4v) is 5.01. The highest BCUT2D eigenvalue weighted by atomic mass is 16.5. The molecule has 0 spiro atoms. The molecule has 0 amide bonds. The van der Waals surface area contributed by atoms with Crippen molar-refractivity contribution >= 4 is 22.8 Å². The Labute approximate surface area is 205 Å². The summed E-state index contributed by atoms with van der Waals surface area (Å²) >= 11 is 0. The number of rotatable bonds is 7. The number of nitrogens with one attached hydrogen (secondary N) is 1. The first kappa shape index (κ1) is 23.1.